The molecule has 0 aliphatic heterocycles. The van der Waals surface area contributed by atoms with E-state index >= 15 is 0 Å². The van der Waals surface area contributed by atoms with Gasteiger partial charge in [0.1, 0.15) is 0 Å². The van der Waals surface area contributed by atoms with Gasteiger partial charge in [0, 0.05) is 12.6 Å². The maximum absolute atomic E-state index is 10.1. The molecule has 0 bridgehead atoms. The van der Waals surface area contributed by atoms with E-state index in [0.717, 1.165) is 22.7 Å². The molecule has 0 aliphatic carbocycles. The fraction of sp³-hybridized carbons (Fsp3) is 0.692. The topological polar surface area (TPSA) is 32.3 Å². The second-order valence-electron chi connectivity index (χ2n) is 4.55. The standard InChI is InChI=1S/C13H21Cl2NOS/c1-4-9(5-2)11(17)7-16-8(3)10-6-12(14)18-13(10)15/h6,8-9,11,16-17H,4-5,7H2,1-3H3. The zero-order valence-corrected chi connectivity index (χ0v) is 13.4. The number of hydrogen-bond donors (Lipinski definition) is 2. The number of aliphatic hydroxyl groups is 1. The SMILES string of the molecule is CCC(CC)C(O)CNC(C)c1cc(Cl)sc1Cl. The molecule has 104 valence electrons. The molecule has 0 aromatic carbocycles. The van der Waals surface area contributed by atoms with E-state index in [-0.39, 0.29) is 12.1 Å². The number of thiophene rings is 1. The molecule has 0 saturated heterocycles. The molecule has 0 aliphatic rings. The molecule has 0 spiro atoms. The Kier molecular flexibility index (Phi) is 6.96. The lowest BCUT2D eigenvalue weighted by atomic mass is 9.96. The van der Waals surface area contributed by atoms with Crippen LogP contribution < -0.4 is 5.32 Å². The quantitative estimate of drug-likeness (QED) is 0.777. The maximum atomic E-state index is 10.1. The van der Waals surface area contributed by atoms with Gasteiger partial charge in [-0.05, 0) is 24.5 Å². The highest BCUT2D eigenvalue weighted by Gasteiger charge is 2.18. The second kappa shape index (κ2) is 7.71. The minimum atomic E-state index is -0.310. The molecular weight excluding hydrogens is 289 g/mol. The van der Waals surface area contributed by atoms with Crippen LogP contribution in [0.25, 0.3) is 0 Å². The molecule has 5 heteroatoms. The van der Waals surface area contributed by atoms with Crippen molar-refractivity contribution >= 4 is 34.5 Å². The fourth-order valence-corrected chi connectivity index (χ4v) is 3.70. The Labute approximate surface area is 123 Å². The summed E-state index contributed by atoms with van der Waals surface area (Å²) in [4.78, 5) is 0. The van der Waals surface area contributed by atoms with Gasteiger partial charge in [-0.25, -0.2) is 0 Å². The third-order valence-corrected chi connectivity index (χ3v) is 4.89. The highest BCUT2D eigenvalue weighted by molar-refractivity contribution is 7.20. The van der Waals surface area contributed by atoms with Crippen LogP contribution in [0.3, 0.4) is 0 Å². The van der Waals surface area contributed by atoms with Crippen LogP contribution in [0.4, 0.5) is 0 Å². The summed E-state index contributed by atoms with van der Waals surface area (Å²) in [5.41, 5.74) is 1.00. The summed E-state index contributed by atoms with van der Waals surface area (Å²) >= 11 is 13.4. The van der Waals surface area contributed by atoms with Crippen molar-refractivity contribution in [1.29, 1.82) is 0 Å². The number of hydrogen-bond acceptors (Lipinski definition) is 3. The van der Waals surface area contributed by atoms with E-state index in [0.29, 0.717) is 16.8 Å². The molecule has 2 unspecified atom stereocenters. The van der Waals surface area contributed by atoms with E-state index < -0.39 is 0 Å². The van der Waals surface area contributed by atoms with Crippen LogP contribution in [0.2, 0.25) is 8.67 Å². The van der Waals surface area contributed by atoms with Crippen LogP contribution in [0.15, 0.2) is 6.07 Å². The molecule has 1 aromatic heterocycles. The van der Waals surface area contributed by atoms with Gasteiger partial charge in [-0.3, -0.25) is 0 Å². The highest BCUT2D eigenvalue weighted by atomic mass is 35.5. The first-order chi connectivity index (χ1) is 8.49. The lowest BCUT2D eigenvalue weighted by Gasteiger charge is -2.22. The second-order valence-corrected chi connectivity index (χ2v) is 6.84. The summed E-state index contributed by atoms with van der Waals surface area (Å²) < 4.78 is 1.42. The van der Waals surface area contributed by atoms with Crippen LogP contribution in [-0.4, -0.2) is 17.8 Å². The zero-order chi connectivity index (χ0) is 13.7. The van der Waals surface area contributed by atoms with Crippen molar-refractivity contribution in [1.82, 2.24) is 5.32 Å². The summed E-state index contributed by atoms with van der Waals surface area (Å²) in [5.74, 6) is 0.353. The van der Waals surface area contributed by atoms with Crippen molar-refractivity contribution in [2.45, 2.75) is 45.8 Å². The van der Waals surface area contributed by atoms with Gasteiger partial charge in [-0.15, -0.1) is 11.3 Å². The molecule has 0 radical (unpaired) electrons. The van der Waals surface area contributed by atoms with Crippen LogP contribution >= 0.6 is 34.5 Å². The van der Waals surface area contributed by atoms with E-state index in [1.807, 2.05) is 13.0 Å². The molecule has 0 amide bonds. The first kappa shape index (κ1) is 16.3. The summed E-state index contributed by atoms with van der Waals surface area (Å²) in [5, 5.41) is 13.4. The van der Waals surface area contributed by atoms with Crippen molar-refractivity contribution in [3.63, 3.8) is 0 Å². The summed E-state index contributed by atoms with van der Waals surface area (Å²) in [6, 6.07) is 1.99. The first-order valence-corrected chi connectivity index (χ1v) is 7.92. The Bertz CT molecular complexity index is 366. The van der Waals surface area contributed by atoms with E-state index in [1.54, 1.807) is 0 Å². The predicted molar refractivity (Wildman–Crippen MR) is 80.8 cm³/mol. The molecule has 2 N–H and O–H groups in total. The third kappa shape index (κ3) is 4.39. The molecule has 1 rings (SSSR count). The van der Waals surface area contributed by atoms with Crippen molar-refractivity contribution in [3.05, 3.63) is 20.3 Å². The van der Waals surface area contributed by atoms with Crippen LogP contribution in [0.5, 0.6) is 0 Å². The highest BCUT2D eigenvalue weighted by Crippen LogP contribution is 2.34. The van der Waals surface area contributed by atoms with Gasteiger partial charge in [-0.2, -0.15) is 0 Å². The van der Waals surface area contributed by atoms with Crippen LogP contribution in [0, 0.1) is 5.92 Å². The summed E-state index contributed by atoms with van der Waals surface area (Å²) in [7, 11) is 0. The average Bonchev–Trinajstić information content (AvgIpc) is 2.67. The van der Waals surface area contributed by atoms with Gasteiger partial charge in [0.2, 0.25) is 0 Å². The van der Waals surface area contributed by atoms with Gasteiger partial charge in [0.25, 0.3) is 0 Å². The normalized spacial score (nSPS) is 15.1. The van der Waals surface area contributed by atoms with Crippen molar-refractivity contribution in [2.75, 3.05) is 6.54 Å². The number of rotatable bonds is 7. The Morgan fingerprint density at radius 1 is 1.33 bits per heavy atom. The molecule has 0 fully saturated rings. The molecular formula is C13H21Cl2NOS. The van der Waals surface area contributed by atoms with Gasteiger partial charge in [0.15, 0.2) is 0 Å². The Balaban J connectivity index is 2.50. The lowest BCUT2D eigenvalue weighted by molar-refractivity contribution is 0.0989. The van der Waals surface area contributed by atoms with Crippen LogP contribution in [0.1, 0.15) is 45.2 Å². The monoisotopic (exact) mass is 309 g/mol. The molecule has 2 atom stereocenters. The van der Waals surface area contributed by atoms with Gasteiger partial charge < -0.3 is 10.4 Å². The lowest BCUT2D eigenvalue weighted by Crippen LogP contribution is -2.33. The predicted octanol–water partition coefficient (Wildman–Crippen LogP) is 4.50. The van der Waals surface area contributed by atoms with Crippen molar-refractivity contribution in [2.24, 2.45) is 5.92 Å². The van der Waals surface area contributed by atoms with Gasteiger partial charge in [-0.1, -0.05) is 49.9 Å². The number of halogens is 2. The zero-order valence-electron chi connectivity index (χ0n) is 11.0. The summed E-state index contributed by atoms with van der Waals surface area (Å²) in [6.07, 6.45) is 1.69. The summed E-state index contributed by atoms with van der Waals surface area (Å²) in [6.45, 7) is 6.83. The maximum Gasteiger partial charge on any atom is 0.0991 e. The largest absolute Gasteiger partial charge is 0.392 e. The third-order valence-electron chi connectivity index (χ3n) is 3.38. The number of nitrogens with one attached hydrogen (secondary N) is 1. The van der Waals surface area contributed by atoms with E-state index in [1.165, 1.54) is 11.3 Å². The van der Waals surface area contributed by atoms with Gasteiger partial charge in [0.05, 0.1) is 14.8 Å². The fourth-order valence-electron chi connectivity index (χ4n) is 2.06. The smallest absolute Gasteiger partial charge is 0.0991 e. The van der Waals surface area contributed by atoms with E-state index in [2.05, 4.69) is 19.2 Å². The Morgan fingerprint density at radius 3 is 2.39 bits per heavy atom. The molecule has 1 aromatic rings. The Hall–Kier alpha value is 0.200. The van der Waals surface area contributed by atoms with Crippen molar-refractivity contribution < 1.29 is 5.11 Å². The number of aliphatic hydroxyl groups excluding tert-OH is 1. The minimum Gasteiger partial charge on any atom is -0.392 e. The van der Waals surface area contributed by atoms with Crippen LogP contribution in [-0.2, 0) is 0 Å². The van der Waals surface area contributed by atoms with Gasteiger partial charge >= 0.3 is 0 Å². The molecule has 1 heterocycles. The van der Waals surface area contributed by atoms with E-state index in [9.17, 15) is 5.11 Å². The molecule has 0 saturated carbocycles. The average molecular weight is 310 g/mol. The molecule has 18 heavy (non-hydrogen) atoms. The first-order valence-electron chi connectivity index (χ1n) is 6.35. The minimum absolute atomic E-state index is 0.102. The van der Waals surface area contributed by atoms with E-state index in [4.69, 9.17) is 23.2 Å². The molecule has 2 nitrogen and oxygen atoms in total. The Morgan fingerprint density at radius 2 is 1.94 bits per heavy atom. The van der Waals surface area contributed by atoms with Crippen molar-refractivity contribution in [3.8, 4) is 0 Å².